The molecule has 3 heteroatoms. The molecule has 1 aromatic carbocycles. The molecule has 1 saturated heterocycles. The van der Waals surface area contributed by atoms with E-state index in [2.05, 4.69) is 29.7 Å². The lowest BCUT2D eigenvalue weighted by Gasteiger charge is -2.18. The molecular weight excluding hydrogens is 224 g/mol. The van der Waals surface area contributed by atoms with Crippen molar-refractivity contribution in [1.82, 2.24) is 10.6 Å². The van der Waals surface area contributed by atoms with Crippen LogP contribution in [0.5, 0.6) is 0 Å². The van der Waals surface area contributed by atoms with Crippen molar-refractivity contribution >= 4 is 0 Å². The van der Waals surface area contributed by atoms with Gasteiger partial charge in [0.1, 0.15) is 0 Å². The third-order valence-corrected chi connectivity index (χ3v) is 3.66. The standard InChI is InChI=1S/C15H24N2O/c1-12(9-15-3-2-8-16-15)17-10-13-4-6-14(11-18)7-5-13/h4-7,12,15-18H,2-3,8-11H2,1H3. The zero-order valence-corrected chi connectivity index (χ0v) is 11.2. The third kappa shape index (κ3) is 4.09. The van der Waals surface area contributed by atoms with E-state index in [0.717, 1.165) is 12.1 Å². The summed E-state index contributed by atoms with van der Waals surface area (Å²) in [5.74, 6) is 0. The molecule has 1 aromatic rings. The number of aliphatic hydroxyl groups excluding tert-OH is 1. The van der Waals surface area contributed by atoms with Crippen molar-refractivity contribution in [2.45, 2.75) is 51.4 Å². The van der Waals surface area contributed by atoms with Crippen LogP contribution in [0.15, 0.2) is 24.3 Å². The van der Waals surface area contributed by atoms with Gasteiger partial charge in [0.25, 0.3) is 0 Å². The van der Waals surface area contributed by atoms with E-state index >= 15 is 0 Å². The topological polar surface area (TPSA) is 44.3 Å². The van der Waals surface area contributed by atoms with Crippen LogP contribution in [0.3, 0.4) is 0 Å². The molecule has 1 fully saturated rings. The Labute approximate surface area is 110 Å². The number of rotatable bonds is 6. The molecule has 1 aliphatic heterocycles. The van der Waals surface area contributed by atoms with Gasteiger partial charge in [0, 0.05) is 18.6 Å². The van der Waals surface area contributed by atoms with Crippen molar-refractivity contribution in [3.05, 3.63) is 35.4 Å². The van der Waals surface area contributed by atoms with Gasteiger partial charge in [-0.15, -0.1) is 0 Å². The number of nitrogens with one attached hydrogen (secondary N) is 2. The zero-order chi connectivity index (χ0) is 12.8. The Kier molecular flexibility index (Phi) is 5.17. The number of aliphatic hydroxyl groups is 1. The summed E-state index contributed by atoms with van der Waals surface area (Å²) in [5, 5.41) is 16.1. The van der Waals surface area contributed by atoms with Gasteiger partial charge in [-0.3, -0.25) is 0 Å². The predicted molar refractivity (Wildman–Crippen MR) is 74.3 cm³/mol. The first-order valence-electron chi connectivity index (χ1n) is 6.93. The zero-order valence-electron chi connectivity index (χ0n) is 11.2. The van der Waals surface area contributed by atoms with E-state index in [1.165, 1.54) is 31.4 Å². The van der Waals surface area contributed by atoms with Crippen molar-refractivity contribution in [3.63, 3.8) is 0 Å². The van der Waals surface area contributed by atoms with Crippen LogP contribution >= 0.6 is 0 Å². The molecule has 0 amide bonds. The predicted octanol–water partition coefficient (Wildman–Crippen LogP) is 1.80. The van der Waals surface area contributed by atoms with Crippen LogP contribution < -0.4 is 10.6 Å². The summed E-state index contributed by atoms with van der Waals surface area (Å²) in [6.07, 6.45) is 3.84. The molecule has 0 saturated carbocycles. The molecule has 0 aromatic heterocycles. The molecule has 2 rings (SSSR count). The molecule has 2 atom stereocenters. The molecule has 3 N–H and O–H groups in total. The molecule has 100 valence electrons. The highest BCUT2D eigenvalue weighted by Crippen LogP contribution is 2.11. The van der Waals surface area contributed by atoms with Crippen molar-refractivity contribution < 1.29 is 5.11 Å². The fourth-order valence-electron chi connectivity index (χ4n) is 2.52. The minimum atomic E-state index is 0.122. The summed E-state index contributed by atoms with van der Waals surface area (Å²) < 4.78 is 0. The molecule has 1 heterocycles. The van der Waals surface area contributed by atoms with Crippen LogP contribution in [0.2, 0.25) is 0 Å². The lowest BCUT2D eigenvalue weighted by molar-refractivity contribution is 0.282. The normalized spacial score (nSPS) is 21.1. The number of benzene rings is 1. The lowest BCUT2D eigenvalue weighted by atomic mass is 10.1. The Morgan fingerprint density at radius 3 is 2.67 bits per heavy atom. The fraction of sp³-hybridized carbons (Fsp3) is 0.600. The Morgan fingerprint density at radius 2 is 2.06 bits per heavy atom. The first kappa shape index (κ1) is 13.5. The van der Waals surface area contributed by atoms with Crippen molar-refractivity contribution in [2.75, 3.05) is 6.54 Å². The molecule has 0 spiro atoms. The average molecular weight is 248 g/mol. The maximum Gasteiger partial charge on any atom is 0.0681 e. The largest absolute Gasteiger partial charge is 0.392 e. The van der Waals surface area contributed by atoms with Crippen molar-refractivity contribution in [3.8, 4) is 0 Å². The van der Waals surface area contributed by atoms with E-state index in [0.29, 0.717) is 12.1 Å². The quantitative estimate of drug-likeness (QED) is 0.719. The van der Waals surface area contributed by atoms with Crippen LogP contribution in [0.4, 0.5) is 0 Å². The summed E-state index contributed by atoms with van der Waals surface area (Å²) in [6.45, 7) is 4.46. The Bertz CT molecular complexity index is 344. The van der Waals surface area contributed by atoms with Crippen molar-refractivity contribution in [1.29, 1.82) is 0 Å². The number of hydrogen-bond donors (Lipinski definition) is 3. The maximum absolute atomic E-state index is 8.98. The van der Waals surface area contributed by atoms with Crippen LogP contribution in [0.25, 0.3) is 0 Å². The summed E-state index contributed by atoms with van der Waals surface area (Å²) >= 11 is 0. The van der Waals surface area contributed by atoms with E-state index in [-0.39, 0.29) is 6.61 Å². The van der Waals surface area contributed by atoms with Gasteiger partial charge in [-0.1, -0.05) is 24.3 Å². The smallest absolute Gasteiger partial charge is 0.0681 e. The highest BCUT2D eigenvalue weighted by molar-refractivity contribution is 5.21. The van der Waals surface area contributed by atoms with Gasteiger partial charge in [0.2, 0.25) is 0 Å². The molecule has 2 unspecified atom stereocenters. The Hall–Kier alpha value is -0.900. The van der Waals surface area contributed by atoms with E-state index < -0.39 is 0 Å². The van der Waals surface area contributed by atoms with Gasteiger partial charge in [-0.05, 0) is 43.9 Å². The second kappa shape index (κ2) is 6.88. The lowest BCUT2D eigenvalue weighted by Crippen LogP contribution is -2.33. The molecule has 0 radical (unpaired) electrons. The van der Waals surface area contributed by atoms with E-state index in [1.54, 1.807) is 0 Å². The third-order valence-electron chi connectivity index (χ3n) is 3.66. The first-order valence-corrected chi connectivity index (χ1v) is 6.93. The van der Waals surface area contributed by atoms with E-state index in [4.69, 9.17) is 5.11 Å². The minimum absolute atomic E-state index is 0.122. The minimum Gasteiger partial charge on any atom is -0.392 e. The van der Waals surface area contributed by atoms with Crippen LogP contribution in [0, 0.1) is 0 Å². The van der Waals surface area contributed by atoms with Gasteiger partial charge < -0.3 is 15.7 Å². The average Bonchev–Trinajstić information content (AvgIpc) is 2.90. The van der Waals surface area contributed by atoms with E-state index in [9.17, 15) is 0 Å². The fourth-order valence-corrected chi connectivity index (χ4v) is 2.52. The number of hydrogen-bond acceptors (Lipinski definition) is 3. The monoisotopic (exact) mass is 248 g/mol. The second-order valence-corrected chi connectivity index (χ2v) is 5.29. The van der Waals surface area contributed by atoms with Crippen LogP contribution in [-0.2, 0) is 13.2 Å². The first-order chi connectivity index (χ1) is 8.78. The molecule has 18 heavy (non-hydrogen) atoms. The van der Waals surface area contributed by atoms with Crippen molar-refractivity contribution in [2.24, 2.45) is 0 Å². The van der Waals surface area contributed by atoms with Gasteiger partial charge >= 0.3 is 0 Å². The summed E-state index contributed by atoms with van der Waals surface area (Å²) in [6, 6.07) is 9.38. The highest BCUT2D eigenvalue weighted by Gasteiger charge is 2.16. The molecule has 3 nitrogen and oxygen atoms in total. The van der Waals surface area contributed by atoms with Gasteiger partial charge in [0.05, 0.1) is 6.61 Å². The summed E-state index contributed by atoms with van der Waals surface area (Å²) in [7, 11) is 0. The molecule has 1 aliphatic rings. The van der Waals surface area contributed by atoms with Gasteiger partial charge in [-0.25, -0.2) is 0 Å². The molecule has 0 bridgehead atoms. The Balaban J connectivity index is 1.72. The SMILES string of the molecule is CC(CC1CCCN1)NCc1ccc(CO)cc1. The molecular formula is C15H24N2O. The highest BCUT2D eigenvalue weighted by atomic mass is 16.3. The van der Waals surface area contributed by atoms with Gasteiger partial charge in [0.15, 0.2) is 0 Å². The van der Waals surface area contributed by atoms with E-state index in [1.807, 2.05) is 12.1 Å². The van der Waals surface area contributed by atoms with Crippen LogP contribution in [0.1, 0.15) is 37.3 Å². The van der Waals surface area contributed by atoms with Crippen LogP contribution in [-0.4, -0.2) is 23.7 Å². The maximum atomic E-state index is 8.98. The Morgan fingerprint density at radius 1 is 1.33 bits per heavy atom. The van der Waals surface area contributed by atoms with Gasteiger partial charge in [-0.2, -0.15) is 0 Å². The molecule has 0 aliphatic carbocycles. The summed E-state index contributed by atoms with van der Waals surface area (Å²) in [5.41, 5.74) is 2.25. The summed E-state index contributed by atoms with van der Waals surface area (Å²) in [4.78, 5) is 0. The second-order valence-electron chi connectivity index (χ2n) is 5.29.